The van der Waals surface area contributed by atoms with E-state index in [4.69, 9.17) is 11.6 Å². The Labute approximate surface area is 126 Å². The Bertz CT molecular complexity index is 633. The van der Waals surface area contributed by atoms with E-state index in [0.29, 0.717) is 10.6 Å². The summed E-state index contributed by atoms with van der Waals surface area (Å²) < 4.78 is 0. The molecule has 0 aliphatic carbocycles. The Balaban J connectivity index is 1.83. The molecule has 1 aromatic carbocycles. The topological polar surface area (TPSA) is 42.0 Å². The van der Waals surface area contributed by atoms with Gasteiger partial charge in [-0.1, -0.05) is 11.6 Å². The molecule has 3 rings (SSSR count). The van der Waals surface area contributed by atoms with Crippen LogP contribution in [0.3, 0.4) is 0 Å². The zero-order chi connectivity index (χ0) is 13.9. The standard InChI is InChI=1S/C15H13ClN2OS/c16-11-1-2-14-12(9-11)13(5-8-20-14)18-15(19)10-3-6-17-7-4-10/h1-4,6-7,9,13H,5,8H2,(H,18,19)/t13-/m0/s1. The first-order valence-corrected chi connectivity index (χ1v) is 7.73. The monoisotopic (exact) mass is 304 g/mol. The van der Waals surface area contributed by atoms with Crippen LogP contribution in [0.25, 0.3) is 0 Å². The Morgan fingerprint density at radius 3 is 2.90 bits per heavy atom. The predicted octanol–water partition coefficient (Wildman–Crippen LogP) is 3.70. The van der Waals surface area contributed by atoms with E-state index in [9.17, 15) is 4.79 Å². The molecule has 1 amide bonds. The molecule has 102 valence electrons. The van der Waals surface area contributed by atoms with Crippen LogP contribution in [-0.2, 0) is 0 Å². The number of aromatic nitrogens is 1. The molecule has 0 saturated heterocycles. The Morgan fingerprint density at radius 1 is 1.30 bits per heavy atom. The molecule has 0 radical (unpaired) electrons. The van der Waals surface area contributed by atoms with Gasteiger partial charge in [0.15, 0.2) is 0 Å². The van der Waals surface area contributed by atoms with Gasteiger partial charge in [0.25, 0.3) is 5.91 Å². The molecule has 3 nitrogen and oxygen atoms in total. The minimum absolute atomic E-state index is 0.0191. The molecule has 0 saturated carbocycles. The van der Waals surface area contributed by atoms with Gasteiger partial charge in [0.1, 0.15) is 0 Å². The summed E-state index contributed by atoms with van der Waals surface area (Å²) in [5, 5.41) is 3.78. The van der Waals surface area contributed by atoms with Crippen LogP contribution in [-0.4, -0.2) is 16.6 Å². The number of hydrogen-bond donors (Lipinski definition) is 1. The van der Waals surface area contributed by atoms with Crippen molar-refractivity contribution in [1.29, 1.82) is 0 Å². The van der Waals surface area contributed by atoms with Crippen molar-refractivity contribution < 1.29 is 4.79 Å². The summed E-state index contributed by atoms with van der Waals surface area (Å²) in [5.41, 5.74) is 1.73. The van der Waals surface area contributed by atoms with Gasteiger partial charge in [0, 0.05) is 33.6 Å². The third-order valence-corrected chi connectivity index (χ3v) is 4.62. The molecular formula is C15H13ClN2OS. The molecule has 2 aromatic rings. The Morgan fingerprint density at radius 2 is 2.10 bits per heavy atom. The number of pyridine rings is 1. The number of benzene rings is 1. The second kappa shape index (κ2) is 5.85. The number of hydrogen-bond acceptors (Lipinski definition) is 3. The molecule has 1 N–H and O–H groups in total. The van der Waals surface area contributed by atoms with Crippen LogP contribution in [0.4, 0.5) is 0 Å². The van der Waals surface area contributed by atoms with Crippen LogP contribution in [0, 0.1) is 0 Å². The third kappa shape index (κ3) is 2.81. The summed E-state index contributed by atoms with van der Waals surface area (Å²) in [4.78, 5) is 17.3. The minimum atomic E-state index is -0.0739. The van der Waals surface area contributed by atoms with Crippen molar-refractivity contribution in [3.8, 4) is 0 Å². The van der Waals surface area contributed by atoms with Crippen LogP contribution in [0.5, 0.6) is 0 Å². The molecule has 1 aromatic heterocycles. The first-order valence-electron chi connectivity index (χ1n) is 6.37. The van der Waals surface area contributed by atoms with Gasteiger partial charge in [0.05, 0.1) is 6.04 Å². The van der Waals surface area contributed by atoms with E-state index < -0.39 is 0 Å². The molecule has 1 aliphatic rings. The van der Waals surface area contributed by atoms with Crippen molar-refractivity contribution in [2.45, 2.75) is 17.4 Å². The molecule has 1 atom stereocenters. The van der Waals surface area contributed by atoms with E-state index in [1.165, 1.54) is 4.90 Å². The zero-order valence-electron chi connectivity index (χ0n) is 10.7. The maximum absolute atomic E-state index is 12.2. The third-order valence-electron chi connectivity index (χ3n) is 3.26. The van der Waals surface area contributed by atoms with Crippen LogP contribution in [0.2, 0.25) is 5.02 Å². The maximum Gasteiger partial charge on any atom is 0.251 e. The quantitative estimate of drug-likeness (QED) is 0.920. The highest BCUT2D eigenvalue weighted by Crippen LogP contribution is 2.37. The molecular weight excluding hydrogens is 292 g/mol. The minimum Gasteiger partial charge on any atom is -0.345 e. The molecule has 0 spiro atoms. The summed E-state index contributed by atoms with van der Waals surface area (Å²) in [5.74, 6) is 0.922. The van der Waals surface area contributed by atoms with Crippen LogP contribution in [0.1, 0.15) is 28.4 Å². The van der Waals surface area contributed by atoms with Crippen molar-refractivity contribution in [1.82, 2.24) is 10.3 Å². The highest BCUT2D eigenvalue weighted by atomic mass is 35.5. The number of carbonyl (C=O) groups is 1. The van der Waals surface area contributed by atoms with Crippen molar-refractivity contribution in [3.05, 3.63) is 58.9 Å². The van der Waals surface area contributed by atoms with E-state index in [-0.39, 0.29) is 11.9 Å². The number of thioether (sulfide) groups is 1. The number of halogens is 1. The summed E-state index contributed by atoms with van der Waals surface area (Å²) in [7, 11) is 0. The fourth-order valence-corrected chi connectivity index (χ4v) is 3.55. The zero-order valence-corrected chi connectivity index (χ0v) is 12.2. The average Bonchev–Trinajstić information content (AvgIpc) is 2.49. The van der Waals surface area contributed by atoms with Gasteiger partial charge in [-0.3, -0.25) is 9.78 Å². The Hall–Kier alpha value is -1.52. The number of nitrogens with one attached hydrogen (secondary N) is 1. The van der Waals surface area contributed by atoms with Crippen molar-refractivity contribution >= 4 is 29.3 Å². The van der Waals surface area contributed by atoms with Gasteiger partial charge in [-0.2, -0.15) is 0 Å². The lowest BCUT2D eigenvalue weighted by atomic mass is 10.0. The van der Waals surface area contributed by atoms with Gasteiger partial charge in [-0.05, 0) is 42.3 Å². The summed E-state index contributed by atoms with van der Waals surface area (Å²) in [6.07, 6.45) is 4.15. The molecule has 0 fully saturated rings. The van der Waals surface area contributed by atoms with Crippen LogP contribution < -0.4 is 5.32 Å². The SMILES string of the molecule is O=C(N[C@H]1CCSc2ccc(Cl)cc21)c1ccncc1. The highest BCUT2D eigenvalue weighted by molar-refractivity contribution is 7.99. The fraction of sp³-hybridized carbons (Fsp3) is 0.200. The lowest BCUT2D eigenvalue weighted by molar-refractivity contribution is 0.0935. The van der Waals surface area contributed by atoms with Gasteiger partial charge in [0.2, 0.25) is 0 Å². The second-order valence-electron chi connectivity index (χ2n) is 4.58. The molecule has 2 heterocycles. The lowest BCUT2D eigenvalue weighted by Gasteiger charge is -2.26. The van der Waals surface area contributed by atoms with E-state index in [1.54, 1.807) is 36.3 Å². The lowest BCUT2D eigenvalue weighted by Crippen LogP contribution is -2.30. The van der Waals surface area contributed by atoms with Crippen LogP contribution in [0.15, 0.2) is 47.6 Å². The molecule has 5 heteroatoms. The molecule has 1 aliphatic heterocycles. The fourth-order valence-electron chi connectivity index (χ4n) is 2.26. The number of fused-ring (bicyclic) bond motifs is 1. The van der Waals surface area contributed by atoms with E-state index in [0.717, 1.165) is 17.7 Å². The molecule has 0 bridgehead atoms. The van der Waals surface area contributed by atoms with Gasteiger partial charge in [-0.25, -0.2) is 0 Å². The second-order valence-corrected chi connectivity index (χ2v) is 6.15. The average molecular weight is 305 g/mol. The predicted molar refractivity (Wildman–Crippen MR) is 81.2 cm³/mol. The van der Waals surface area contributed by atoms with Crippen molar-refractivity contribution in [2.75, 3.05) is 5.75 Å². The van der Waals surface area contributed by atoms with E-state index in [1.807, 2.05) is 18.2 Å². The van der Waals surface area contributed by atoms with Crippen LogP contribution >= 0.6 is 23.4 Å². The summed E-state index contributed by atoms with van der Waals surface area (Å²) >= 11 is 7.87. The number of rotatable bonds is 2. The van der Waals surface area contributed by atoms with Gasteiger partial charge in [-0.15, -0.1) is 11.8 Å². The molecule has 20 heavy (non-hydrogen) atoms. The van der Waals surface area contributed by atoms with Crippen molar-refractivity contribution in [2.24, 2.45) is 0 Å². The van der Waals surface area contributed by atoms with Crippen molar-refractivity contribution in [3.63, 3.8) is 0 Å². The van der Waals surface area contributed by atoms with Gasteiger partial charge >= 0.3 is 0 Å². The smallest absolute Gasteiger partial charge is 0.251 e. The van der Waals surface area contributed by atoms with E-state index >= 15 is 0 Å². The van der Waals surface area contributed by atoms with E-state index in [2.05, 4.69) is 10.3 Å². The number of amides is 1. The number of nitrogens with zero attached hydrogens (tertiary/aromatic N) is 1. The maximum atomic E-state index is 12.2. The highest BCUT2D eigenvalue weighted by Gasteiger charge is 2.23. The summed E-state index contributed by atoms with van der Waals surface area (Å²) in [6, 6.07) is 9.30. The first-order chi connectivity index (χ1) is 9.74. The summed E-state index contributed by atoms with van der Waals surface area (Å²) in [6.45, 7) is 0. The largest absolute Gasteiger partial charge is 0.345 e. The first kappa shape index (κ1) is 13.5. The normalized spacial score (nSPS) is 17.4. The molecule has 0 unspecified atom stereocenters. The number of carbonyl (C=O) groups excluding carboxylic acids is 1. The Kier molecular flexibility index (Phi) is 3.94. The van der Waals surface area contributed by atoms with Gasteiger partial charge < -0.3 is 5.32 Å².